The monoisotopic (exact) mass is 229 g/mol. The van der Waals surface area contributed by atoms with Gasteiger partial charge in [0.25, 0.3) is 0 Å². The van der Waals surface area contributed by atoms with Crippen LogP contribution in [0.4, 0.5) is 0 Å². The number of ether oxygens (including phenoxy) is 1. The first kappa shape index (κ1) is 10.1. The maximum atomic E-state index is 11.6. The van der Waals surface area contributed by atoms with Crippen LogP contribution in [0, 0.1) is 0 Å². The average molecular weight is 229 g/mol. The molecule has 1 aliphatic carbocycles. The summed E-state index contributed by atoms with van der Waals surface area (Å²) in [4.78, 5) is 11.6. The lowest BCUT2D eigenvalue weighted by Gasteiger charge is -2.08. The minimum absolute atomic E-state index is 0.199. The first-order valence-electron chi connectivity index (χ1n) is 5.52. The maximum absolute atomic E-state index is 11.6. The summed E-state index contributed by atoms with van der Waals surface area (Å²) in [7, 11) is 0. The van der Waals surface area contributed by atoms with Crippen LogP contribution >= 0.6 is 0 Å². The van der Waals surface area contributed by atoms with Crippen molar-refractivity contribution in [3.8, 4) is 5.75 Å². The largest absolute Gasteiger partial charge is 0.485 e. The van der Waals surface area contributed by atoms with Crippen molar-refractivity contribution in [2.24, 2.45) is 0 Å². The Hall–Kier alpha value is -2.10. The van der Waals surface area contributed by atoms with Crippen LogP contribution in [-0.2, 0) is 13.0 Å². The molecule has 0 saturated heterocycles. The van der Waals surface area contributed by atoms with Crippen LogP contribution in [0.25, 0.3) is 0 Å². The molecule has 0 spiro atoms. The van der Waals surface area contributed by atoms with E-state index in [0.717, 1.165) is 23.3 Å². The molecule has 0 radical (unpaired) electrons. The minimum atomic E-state index is 0.199. The van der Waals surface area contributed by atoms with E-state index in [9.17, 15) is 4.79 Å². The summed E-state index contributed by atoms with van der Waals surface area (Å²) < 4.78 is 10.6. The smallest absolute Gasteiger partial charge is 0.174 e. The van der Waals surface area contributed by atoms with E-state index in [1.54, 1.807) is 12.3 Å². The predicted molar refractivity (Wildman–Crippen MR) is 59.9 cm³/mol. The first-order valence-corrected chi connectivity index (χ1v) is 5.52. The molecule has 0 unspecified atom stereocenters. The highest BCUT2D eigenvalue weighted by Gasteiger charge is 2.22. The van der Waals surface area contributed by atoms with Crippen LogP contribution in [0.15, 0.2) is 35.0 Å². The number of carbonyl (C=O) groups excluding carboxylic acids is 1. The summed E-state index contributed by atoms with van der Waals surface area (Å²) >= 11 is 0. The van der Waals surface area contributed by atoms with Gasteiger partial charge in [-0.15, -0.1) is 0 Å². The normalized spacial score (nSPS) is 13.8. The number of hydrogen-bond acceptors (Lipinski definition) is 4. The molecule has 1 aromatic heterocycles. The fourth-order valence-electron chi connectivity index (χ4n) is 2.06. The second kappa shape index (κ2) is 4.05. The molecule has 4 heteroatoms. The lowest BCUT2D eigenvalue weighted by Crippen LogP contribution is -1.98. The zero-order valence-corrected chi connectivity index (χ0v) is 9.18. The van der Waals surface area contributed by atoms with E-state index in [2.05, 4.69) is 5.16 Å². The van der Waals surface area contributed by atoms with E-state index in [1.165, 1.54) is 0 Å². The Kier molecular flexibility index (Phi) is 2.40. The number of Topliss-reactive ketones (excluding diaryl/α,β-unsaturated/α-hetero) is 1. The minimum Gasteiger partial charge on any atom is -0.485 e. The number of benzene rings is 1. The Morgan fingerprint density at radius 2 is 2.24 bits per heavy atom. The van der Waals surface area contributed by atoms with Crippen molar-refractivity contribution in [2.75, 3.05) is 0 Å². The van der Waals surface area contributed by atoms with Crippen LogP contribution in [0.1, 0.15) is 28.1 Å². The summed E-state index contributed by atoms with van der Waals surface area (Å²) in [6, 6.07) is 7.34. The van der Waals surface area contributed by atoms with Crippen molar-refractivity contribution in [1.82, 2.24) is 5.16 Å². The zero-order valence-electron chi connectivity index (χ0n) is 9.18. The van der Waals surface area contributed by atoms with Crippen molar-refractivity contribution >= 4 is 5.78 Å². The van der Waals surface area contributed by atoms with Crippen molar-refractivity contribution in [1.29, 1.82) is 0 Å². The number of ketones is 1. The third-order valence-corrected chi connectivity index (χ3v) is 2.90. The van der Waals surface area contributed by atoms with E-state index >= 15 is 0 Å². The van der Waals surface area contributed by atoms with E-state index < -0.39 is 0 Å². The molecule has 0 amide bonds. The summed E-state index contributed by atoms with van der Waals surface area (Å²) in [5.41, 5.74) is 1.80. The third-order valence-electron chi connectivity index (χ3n) is 2.90. The van der Waals surface area contributed by atoms with Crippen LogP contribution in [-0.4, -0.2) is 10.9 Å². The highest BCUT2D eigenvalue weighted by molar-refractivity contribution is 6.01. The van der Waals surface area contributed by atoms with Crippen molar-refractivity contribution in [3.05, 3.63) is 47.3 Å². The Bertz CT molecular complexity index is 546. The summed E-state index contributed by atoms with van der Waals surface area (Å²) in [6.45, 7) is 0.338. The summed E-state index contributed by atoms with van der Waals surface area (Å²) in [6.07, 6.45) is 2.93. The van der Waals surface area contributed by atoms with Gasteiger partial charge >= 0.3 is 0 Å². The second-order valence-corrected chi connectivity index (χ2v) is 3.97. The van der Waals surface area contributed by atoms with Gasteiger partial charge in [-0.1, -0.05) is 17.3 Å². The Labute approximate surface area is 98.2 Å². The number of fused-ring (bicyclic) bond motifs is 1. The van der Waals surface area contributed by atoms with Gasteiger partial charge in [-0.2, -0.15) is 0 Å². The Morgan fingerprint density at radius 3 is 3.06 bits per heavy atom. The van der Waals surface area contributed by atoms with Crippen LogP contribution in [0.3, 0.4) is 0 Å². The quantitative estimate of drug-likeness (QED) is 0.810. The van der Waals surface area contributed by atoms with E-state index in [-0.39, 0.29) is 5.78 Å². The Morgan fingerprint density at radius 1 is 1.29 bits per heavy atom. The fraction of sp³-hybridized carbons (Fsp3) is 0.231. The molecule has 1 aromatic carbocycles. The SMILES string of the molecule is O=C1CCc2c(OCc3ccno3)cccc21. The van der Waals surface area contributed by atoms with E-state index in [0.29, 0.717) is 18.8 Å². The molecule has 17 heavy (non-hydrogen) atoms. The third kappa shape index (κ3) is 1.82. The first-order chi connectivity index (χ1) is 8.34. The fourth-order valence-corrected chi connectivity index (χ4v) is 2.06. The number of carbonyl (C=O) groups is 1. The molecule has 0 saturated carbocycles. The summed E-state index contributed by atoms with van der Waals surface area (Å²) in [5, 5.41) is 3.61. The number of nitrogens with zero attached hydrogens (tertiary/aromatic N) is 1. The van der Waals surface area contributed by atoms with Crippen LogP contribution in [0.2, 0.25) is 0 Å². The zero-order chi connectivity index (χ0) is 11.7. The molecule has 0 bridgehead atoms. The molecular formula is C13H11NO3. The van der Waals surface area contributed by atoms with Gasteiger partial charge in [-0.25, -0.2) is 0 Å². The van der Waals surface area contributed by atoms with Crippen molar-refractivity contribution in [3.63, 3.8) is 0 Å². The topological polar surface area (TPSA) is 52.3 Å². The standard InChI is InChI=1S/C13H11NO3/c15-12-5-4-11-10(12)2-1-3-13(11)16-8-9-6-7-14-17-9/h1-3,6-7H,4-5,8H2. The van der Waals surface area contributed by atoms with Crippen LogP contribution in [0.5, 0.6) is 5.75 Å². The van der Waals surface area contributed by atoms with Gasteiger partial charge < -0.3 is 9.26 Å². The molecule has 4 nitrogen and oxygen atoms in total. The lowest BCUT2D eigenvalue weighted by atomic mass is 10.1. The van der Waals surface area contributed by atoms with Gasteiger partial charge in [0.05, 0.1) is 6.20 Å². The molecule has 1 aliphatic rings. The van der Waals surface area contributed by atoms with Crippen molar-refractivity contribution in [2.45, 2.75) is 19.4 Å². The molecule has 2 aromatic rings. The molecule has 0 atom stereocenters. The molecule has 0 fully saturated rings. The second-order valence-electron chi connectivity index (χ2n) is 3.97. The summed E-state index contributed by atoms with van der Waals surface area (Å²) in [5.74, 6) is 1.64. The van der Waals surface area contributed by atoms with E-state index in [1.807, 2.05) is 18.2 Å². The lowest BCUT2D eigenvalue weighted by molar-refractivity contribution is 0.0994. The Balaban J connectivity index is 1.82. The molecule has 1 heterocycles. The molecule has 3 rings (SSSR count). The molecule has 0 aliphatic heterocycles. The van der Waals surface area contributed by atoms with Gasteiger partial charge in [-0.05, 0) is 12.5 Å². The van der Waals surface area contributed by atoms with Gasteiger partial charge in [0.2, 0.25) is 0 Å². The average Bonchev–Trinajstić information content (AvgIpc) is 2.97. The molecule has 0 N–H and O–H groups in total. The maximum Gasteiger partial charge on any atom is 0.174 e. The number of hydrogen-bond donors (Lipinski definition) is 0. The predicted octanol–water partition coefficient (Wildman–Crippen LogP) is 2.38. The highest BCUT2D eigenvalue weighted by atomic mass is 16.5. The van der Waals surface area contributed by atoms with Gasteiger partial charge in [0.15, 0.2) is 11.5 Å². The number of aromatic nitrogens is 1. The highest BCUT2D eigenvalue weighted by Crippen LogP contribution is 2.30. The number of rotatable bonds is 3. The van der Waals surface area contributed by atoms with Gasteiger partial charge in [0.1, 0.15) is 12.4 Å². The van der Waals surface area contributed by atoms with Gasteiger partial charge in [-0.3, -0.25) is 4.79 Å². The molecular weight excluding hydrogens is 218 g/mol. The van der Waals surface area contributed by atoms with Crippen molar-refractivity contribution < 1.29 is 14.1 Å². The van der Waals surface area contributed by atoms with E-state index in [4.69, 9.17) is 9.26 Å². The van der Waals surface area contributed by atoms with Gasteiger partial charge in [0, 0.05) is 23.6 Å². The van der Waals surface area contributed by atoms with Crippen LogP contribution < -0.4 is 4.74 Å². The molecule has 86 valence electrons.